The Morgan fingerprint density at radius 2 is 2.00 bits per heavy atom. The van der Waals surface area contributed by atoms with E-state index >= 15 is 0 Å². The molecule has 0 aliphatic carbocycles. The van der Waals surface area contributed by atoms with Crippen LogP contribution < -0.4 is 10.1 Å². The van der Waals surface area contributed by atoms with E-state index in [1.165, 1.54) is 12.1 Å². The third-order valence-electron chi connectivity index (χ3n) is 4.03. The highest BCUT2D eigenvalue weighted by Crippen LogP contribution is 2.28. The lowest BCUT2D eigenvalue weighted by Crippen LogP contribution is -2.25. The highest BCUT2D eigenvalue weighted by atomic mass is 127. The molecule has 0 saturated heterocycles. The van der Waals surface area contributed by atoms with Gasteiger partial charge in [0.1, 0.15) is 17.4 Å². The third kappa shape index (κ3) is 6.11. The summed E-state index contributed by atoms with van der Waals surface area (Å²) in [5, 5.41) is 21.0. The average Bonchev–Trinajstić information content (AvgIpc) is 2.63. The van der Waals surface area contributed by atoms with Crippen molar-refractivity contribution in [2.45, 2.75) is 25.9 Å². The molecule has 0 spiro atoms. The highest BCUT2D eigenvalue weighted by Gasteiger charge is 2.21. The molecule has 3 N–H and O–H groups in total. The van der Waals surface area contributed by atoms with Crippen molar-refractivity contribution in [2.24, 2.45) is 0 Å². The smallest absolute Gasteiger partial charge is 0.255 e. The van der Waals surface area contributed by atoms with Gasteiger partial charge in [0.05, 0.1) is 24.9 Å². The van der Waals surface area contributed by atoms with Crippen molar-refractivity contribution in [3.8, 4) is 5.75 Å². The van der Waals surface area contributed by atoms with Crippen LogP contribution in [-0.2, 0) is 6.42 Å². The van der Waals surface area contributed by atoms with E-state index < -0.39 is 30.3 Å². The Hall–Kier alpha value is -1.78. The number of ether oxygens (including phenoxy) is 1. The second-order valence-corrected chi connectivity index (χ2v) is 7.43. The predicted octanol–water partition coefficient (Wildman–Crippen LogP) is 3.03. The minimum absolute atomic E-state index is 0.0111. The average molecular weight is 505 g/mol. The van der Waals surface area contributed by atoms with Gasteiger partial charge in [-0.05, 0) is 58.8 Å². The van der Waals surface area contributed by atoms with Crippen LogP contribution in [0, 0.1) is 15.2 Å². The number of hydrogen-bond donors (Lipinski definition) is 3. The van der Waals surface area contributed by atoms with Crippen molar-refractivity contribution in [3.63, 3.8) is 0 Å². The fourth-order valence-corrected chi connectivity index (χ4v) is 3.12. The second kappa shape index (κ2) is 10.7. The molecule has 152 valence electrons. The van der Waals surface area contributed by atoms with Crippen molar-refractivity contribution in [1.29, 1.82) is 0 Å². The molecule has 0 unspecified atom stereocenters. The van der Waals surface area contributed by atoms with E-state index in [2.05, 4.69) is 5.32 Å². The number of rotatable bonds is 9. The van der Waals surface area contributed by atoms with E-state index in [-0.39, 0.29) is 30.8 Å². The molecular weight excluding hydrogens is 483 g/mol. The topological polar surface area (TPSA) is 78.8 Å². The molecule has 0 saturated carbocycles. The Morgan fingerprint density at radius 3 is 2.64 bits per heavy atom. The molecule has 0 radical (unpaired) electrons. The molecule has 1 amide bonds. The molecular formula is C20H22F2INO4. The van der Waals surface area contributed by atoms with Crippen molar-refractivity contribution in [2.75, 3.05) is 19.8 Å². The van der Waals surface area contributed by atoms with Crippen molar-refractivity contribution in [3.05, 3.63) is 62.2 Å². The first kappa shape index (κ1) is 22.5. The van der Waals surface area contributed by atoms with Gasteiger partial charge in [0.2, 0.25) is 0 Å². The van der Waals surface area contributed by atoms with Crippen LogP contribution in [0.3, 0.4) is 0 Å². The van der Waals surface area contributed by atoms with E-state index in [1.54, 1.807) is 19.1 Å². The molecule has 2 rings (SSSR count). The largest absolute Gasteiger partial charge is 0.493 e. The van der Waals surface area contributed by atoms with Gasteiger partial charge < -0.3 is 20.3 Å². The van der Waals surface area contributed by atoms with Gasteiger partial charge in [0.15, 0.2) is 0 Å². The summed E-state index contributed by atoms with van der Waals surface area (Å²) in [6, 6.07) is 6.98. The zero-order valence-corrected chi connectivity index (χ0v) is 17.5. The lowest BCUT2D eigenvalue weighted by Gasteiger charge is -2.17. The number of aliphatic hydroxyl groups excluding tert-OH is 2. The number of hydrogen-bond acceptors (Lipinski definition) is 4. The Labute approximate surface area is 175 Å². The third-order valence-corrected chi connectivity index (χ3v) is 4.70. The van der Waals surface area contributed by atoms with Crippen LogP contribution in [0.5, 0.6) is 5.75 Å². The number of carbonyl (C=O) groups is 1. The number of carbonyl (C=O) groups excluding carboxylic acids is 1. The maximum Gasteiger partial charge on any atom is 0.255 e. The van der Waals surface area contributed by atoms with Gasteiger partial charge in [-0.15, -0.1) is 0 Å². The summed E-state index contributed by atoms with van der Waals surface area (Å²) in [6.45, 7) is 1.66. The molecule has 2 aromatic carbocycles. The first-order chi connectivity index (χ1) is 13.3. The zero-order chi connectivity index (χ0) is 20.7. The van der Waals surface area contributed by atoms with Crippen LogP contribution in [0.15, 0.2) is 30.3 Å². The summed E-state index contributed by atoms with van der Waals surface area (Å²) in [7, 11) is 0. The first-order valence-corrected chi connectivity index (χ1v) is 9.89. The lowest BCUT2D eigenvalue weighted by molar-refractivity contribution is 0.0750. The minimum atomic E-state index is -0.971. The number of nitrogens with one attached hydrogen (secondary N) is 1. The van der Waals surface area contributed by atoms with Gasteiger partial charge in [-0.3, -0.25) is 4.79 Å². The Balaban J connectivity index is 2.40. The molecule has 0 aliphatic rings. The van der Waals surface area contributed by atoms with Gasteiger partial charge >= 0.3 is 0 Å². The molecule has 8 heteroatoms. The van der Waals surface area contributed by atoms with Gasteiger partial charge in [0.25, 0.3) is 5.91 Å². The van der Waals surface area contributed by atoms with E-state index in [1.807, 2.05) is 22.6 Å². The summed E-state index contributed by atoms with van der Waals surface area (Å²) in [5.74, 6) is -1.50. The van der Waals surface area contributed by atoms with Gasteiger partial charge in [-0.25, -0.2) is 8.78 Å². The number of amides is 1. The quantitative estimate of drug-likeness (QED) is 0.458. The molecule has 0 fully saturated rings. The predicted molar refractivity (Wildman–Crippen MR) is 110 cm³/mol. The van der Waals surface area contributed by atoms with Gasteiger partial charge in [0, 0.05) is 29.0 Å². The molecule has 5 nitrogen and oxygen atoms in total. The summed E-state index contributed by atoms with van der Waals surface area (Å²) in [6.07, 6.45) is -0.840. The van der Waals surface area contributed by atoms with E-state index in [0.29, 0.717) is 17.7 Å². The van der Waals surface area contributed by atoms with Crippen LogP contribution in [-0.4, -0.2) is 42.0 Å². The molecule has 28 heavy (non-hydrogen) atoms. The monoisotopic (exact) mass is 505 g/mol. The highest BCUT2D eigenvalue weighted by molar-refractivity contribution is 14.1. The maximum absolute atomic E-state index is 14.3. The van der Waals surface area contributed by atoms with E-state index in [0.717, 1.165) is 9.64 Å². The van der Waals surface area contributed by atoms with Crippen LogP contribution in [0.4, 0.5) is 8.78 Å². The van der Waals surface area contributed by atoms with Crippen molar-refractivity contribution >= 4 is 28.5 Å². The van der Waals surface area contributed by atoms with Crippen LogP contribution in [0.2, 0.25) is 0 Å². The molecule has 2 aromatic rings. The molecule has 0 heterocycles. The maximum atomic E-state index is 14.3. The zero-order valence-electron chi connectivity index (χ0n) is 15.3. The SMILES string of the molecule is CCNC(=O)c1c(Cc2ccc(I)cc2F)cc(F)cc1OCC[C@@H](O)CO. The summed E-state index contributed by atoms with van der Waals surface area (Å²) in [4.78, 5) is 12.6. The summed E-state index contributed by atoms with van der Waals surface area (Å²) < 4.78 is 34.7. The number of halogens is 3. The Bertz CT molecular complexity index is 832. The van der Waals surface area contributed by atoms with Crippen molar-refractivity contribution in [1.82, 2.24) is 5.32 Å². The van der Waals surface area contributed by atoms with E-state index in [4.69, 9.17) is 9.84 Å². The number of aliphatic hydroxyl groups is 2. The fraction of sp³-hybridized carbons (Fsp3) is 0.350. The van der Waals surface area contributed by atoms with Gasteiger partial charge in [-0.2, -0.15) is 0 Å². The summed E-state index contributed by atoms with van der Waals surface area (Å²) in [5.41, 5.74) is 0.752. The minimum Gasteiger partial charge on any atom is -0.493 e. The molecule has 0 bridgehead atoms. The number of benzene rings is 2. The Morgan fingerprint density at radius 1 is 1.25 bits per heavy atom. The Kier molecular flexibility index (Phi) is 8.58. The normalized spacial score (nSPS) is 11.9. The fourth-order valence-electron chi connectivity index (χ4n) is 2.66. The van der Waals surface area contributed by atoms with Crippen molar-refractivity contribution < 1.29 is 28.5 Å². The molecule has 0 aromatic heterocycles. The van der Waals surface area contributed by atoms with Gasteiger partial charge in [-0.1, -0.05) is 6.07 Å². The van der Waals surface area contributed by atoms with Crippen LogP contribution in [0.1, 0.15) is 34.8 Å². The molecule has 1 atom stereocenters. The molecule has 0 aliphatic heterocycles. The second-order valence-electron chi connectivity index (χ2n) is 6.18. The lowest BCUT2D eigenvalue weighted by atomic mass is 9.97. The van der Waals surface area contributed by atoms with Crippen LogP contribution in [0.25, 0.3) is 0 Å². The van der Waals surface area contributed by atoms with Crippen LogP contribution >= 0.6 is 22.6 Å². The first-order valence-electron chi connectivity index (χ1n) is 8.82. The summed E-state index contributed by atoms with van der Waals surface area (Å²) >= 11 is 1.99. The van der Waals surface area contributed by atoms with E-state index in [9.17, 15) is 18.7 Å². The standard InChI is InChI=1S/C20H22F2INO4/c1-2-24-20(27)19-13(7-12-3-4-15(23)10-17(12)22)8-14(21)9-18(19)28-6-5-16(26)11-25/h3-4,8-10,16,25-26H,2,5-7,11H2,1H3,(H,24,27)/t16-/m1/s1.